The van der Waals surface area contributed by atoms with Crippen LogP contribution in [0, 0.1) is 6.92 Å². The molecule has 2 heterocycles. The van der Waals surface area contributed by atoms with Gasteiger partial charge in [0.05, 0.1) is 16.7 Å². The van der Waals surface area contributed by atoms with Crippen molar-refractivity contribution in [3.05, 3.63) is 242 Å². The lowest BCUT2D eigenvalue weighted by atomic mass is 10.0. The molecule has 0 saturated carbocycles. The number of nitrogens with zero attached hydrogens (tertiary/aromatic N) is 4. The van der Waals surface area contributed by atoms with Gasteiger partial charge in [0.2, 0.25) is 0 Å². The van der Waals surface area contributed by atoms with E-state index in [0.29, 0.717) is 17.5 Å². The molecule has 0 aliphatic heterocycles. The number of hydrogen-bond donors (Lipinski definition) is 0. The zero-order valence-corrected chi connectivity index (χ0v) is 35.8. The van der Waals surface area contributed by atoms with Gasteiger partial charge in [-0.05, 0) is 57.5 Å². The van der Waals surface area contributed by atoms with Crippen molar-refractivity contribution >= 4 is 50.6 Å². The highest BCUT2D eigenvalue weighted by molar-refractivity contribution is 7.19. The molecule has 0 aliphatic carbocycles. The number of benzene rings is 9. The minimum Gasteiger partial charge on any atom is -0.309 e. The minimum atomic E-state index is -2.72. The highest BCUT2D eigenvalue weighted by Gasteiger charge is 2.41. The van der Waals surface area contributed by atoms with E-state index in [4.69, 9.17) is 15.0 Å². The Bertz CT molecular complexity index is 3220. The average Bonchev–Trinajstić information content (AvgIpc) is 3.69. The van der Waals surface area contributed by atoms with Crippen LogP contribution in [0.3, 0.4) is 0 Å². The molecule has 2 aromatic heterocycles. The monoisotopic (exact) mass is 822 g/mol. The van der Waals surface area contributed by atoms with Crippen molar-refractivity contribution < 1.29 is 0 Å². The molecule has 4 nitrogen and oxygen atoms in total. The average molecular weight is 823 g/mol. The quantitative estimate of drug-likeness (QED) is 0.108. The molecule has 0 bridgehead atoms. The third-order valence-electron chi connectivity index (χ3n) is 12.3. The number of aryl methyl sites for hydroxylation is 1. The van der Waals surface area contributed by atoms with Crippen molar-refractivity contribution in [1.82, 2.24) is 19.5 Å². The number of rotatable bonds is 9. The first-order chi connectivity index (χ1) is 31.1. The fourth-order valence-electron chi connectivity index (χ4n) is 9.35. The molecule has 0 spiro atoms. The molecule has 298 valence electrons. The molecule has 0 saturated heterocycles. The van der Waals surface area contributed by atoms with Crippen LogP contribution in [-0.2, 0) is 0 Å². The van der Waals surface area contributed by atoms with Gasteiger partial charge in [-0.15, -0.1) is 0 Å². The predicted molar refractivity (Wildman–Crippen MR) is 264 cm³/mol. The summed E-state index contributed by atoms with van der Waals surface area (Å²) in [5.41, 5.74) is 9.59. The number of aromatic nitrogens is 4. The Kier molecular flexibility index (Phi) is 9.72. The highest BCUT2D eigenvalue weighted by atomic mass is 28.3. The van der Waals surface area contributed by atoms with E-state index in [0.717, 1.165) is 44.5 Å². The molecule has 0 radical (unpaired) electrons. The second-order valence-corrected chi connectivity index (χ2v) is 19.9. The zero-order chi connectivity index (χ0) is 42.2. The zero-order valence-electron chi connectivity index (χ0n) is 34.8. The largest absolute Gasteiger partial charge is 0.309 e. The first-order valence-electron chi connectivity index (χ1n) is 21.4. The summed E-state index contributed by atoms with van der Waals surface area (Å²) in [5, 5.41) is 7.81. The van der Waals surface area contributed by atoms with Crippen molar-refractivity contribution in [3.63, 3.8) is 0 Å². The Balaban J connectivity index is 1.15. The number of para-hydroxylation sites is 1. The van der Waals surface area contributed by atoms with Crippen LogP contribution in [0.25, 0.3) is 72.8 Å². The second-order valence-electron chi connectivity index (χ2n) is 16.1. The van der Waals surface area contributed by atoms with Gasteiger partial charge in [-0.3, -0.25) is 0 Å². The Labute approximate surface area is 368 Å². The van der Waals surface area contributed by atoms with Crippen molar-refractivity contribution in [2.75, 3.05) is 0 Å². The van der Waals surface area contributed by atoms with Crippen molar-refractivity contribution in [3.8, 4) is 51.0 Å². The Morgan fingerprint density at radius 2 is 0.762 bits per heavy atom. The number of fused-ring (bicyclic) bond motifs is 3. The maximum absolute atomic E-state index is 5.16. The predicted octanol–water partition coefficient (Wildman–Crippen LogP) is 11.3. The normalized spacial score (nSPS) is 11.6. The molecule has 0 aliphatic rings. The Morgan fingerprint density at radius 1 is 0.333 bits per heavy atom. The van der Waals surface area contributed by atoms with Gasteiger partial charge in [0.15, 0.2) is 25.5 Å². The van der Waals surface area contributed by atoms with E-state index in [1.165, 1.54) is 37.1 Å². The van der Waals surface area contributed by atoms with Crippen molar-refractivity contribution in [2.45, 2.75) is 6.92 Å². The lowest BCUT2D eigenvalue weighted by Crippen LogP contribution is -2.74. The lowest BCUT2D eigenvalue weighted by molar-refractivity contribution is 1.07. The van der Waals surface area contributed by atoms with Crippen LogP contribution in [0.5, 0.6) is 0 Å². The first-order valence-corrected chi connectivity index (χ1v) is 23.4. The summed E-state index contributed by atoms with van der Waals surface area (Å²) in [4.78, 5) is 15.3. The summed E-state index contributed by atoms with van der Waals surface area (Å²) in [6.45, 7) is 2.16. The van der Waals surface area contributed by atoms with E-state index in [9.17, 15) is 0 Å². The smallest absolute Gasteiger partial charge is 0.179 e. The highest BCUT2D eigenvalue weighted by Crippen LogP contribution is 2.38. The summed E-state index contributed by atoms with van der Waals surface area (Å²) in [6.07, 6.45) is 0. The molecular formula is C58H42N4Si. The molecule has 0 amide bonds. The maximum Gasteiger partial charge on any atom is 0.179 e. The third kappa shape index (κ3) is 6.76. The fourth-order valence-corrected chi connectivity index (χ4v) is 14.1. The maximum atomic E-state index is 5.16. The van der Waals surface area contributed by atoms with E-state index in [1.54, 1.807) is 0 Å². The molecule has 9 aromatic carbocycles. The molecule has 0 fully saturated rings. The van der Waals surface area contributed by atoms with Gasteiger partial charge in [0, 0.05) is 33.0 Å². The second kappa shape index (κ2) is 16.1. The first kappa shape index (κ1) is 38.0. The van der Waals surface area contributed by atoms with Gasteiger partial charge >= 0.3 is 0 Å². The molecular weight excluding hydrogens is 781 g/mol. The van der Waals surface area contributed by atoms with E-state index in [2.05, 4.69) is 212 Å². The molecule has 11 aromatic rings. The molecule has 63 heavy (non-hydrogen) atoms. The van der Waals surface area contributed by atoms with Crippen molar-refractivity contribution in [1.29, 1.82) is 0 Å². The van der Waals surface area contributed by atoms with Gasteiger partial charge in [-0.25, -0.2) is 15.0 Å². The van der Waals surface area contributed by atoms with E-state index < -0.39 is 8.07 Å². The van der Waals surface area contributed by atoms with Crippen LogP contribution in [0.4, 0.5) is 0 Å². The van der Waals surface area contributed by atoms with Crippen molar-refractivity contribution in [2.24, 2.45) is 0 Å². The van der Waals surface area contributed by atoms with Crippen LogP contribution < -0.4 is 20.7 Å². The minimum absolute atomic E-state index is 0.617. The summed E-state index contributed by atoms with van der Waals surface area (Å²) in [6, 6.07) is 85.2. The van der Waals surface area contributed by atoms with E-state index >= 15 is 0 Å². The van der Waals surface area contributed by atoms with Gasteiger partial charge < -0.3 is 4.57 Å². The SMILES string of the molecule is Cc1ccc2c(c1)c1ccccc1n2-c1cc(-c2nc(-c3ccccc3)nc(-c3ccccc3)n2)ccc1-c1ccc([Si](c2ccccc2)(c2ccccc2)c2ccccc2)cc1. The molecule has 11 rings (SSSR count). The van der Waals surface area contributed by atoms with Crippen LogP contribution in [0.15, 0.2) is 237 Å². The topological polar surface area (TPSA) is 43.6 Å². The van der Waals surface area contributed by atoms with Crippen LogP contribution in [-0.4, -0.2) is 27.6 Å². The molecule has 0 N–H and O–H groups in total. The summed E-state index contributed by atoms with van der Waals surface area (Å²) < 4.78 is 2.42. The van der Waals surface area contributed by atoms with E-state index in [-0.39, 0.29) is 0 Å². The van der Waals surface area contributed by atoms with Crippen LogP contribution in [0.2, 0.25) is 0 Å². The molecule has 5 heteroatoms. The number of hydrogen-bond acceptors (Lipinski definition) is 3. The summed E-state index contributed by atoms with van der Waals surface area (Å²) in [7, 11) is -2.72. The standard InChI is InChI=1S/C58H42N4Si/c1-41-31-38-54-52(39-41)51-29-17-18-30-53(51)62(54)55-40-45(58-60-56(43-19-7-2-8-20-43)59-57(61-58)44-21-9-3-10-22-44)34-37-50(55)42-32-35-49(36-33-42)63(46-23-11-4-12-24-46,47-25-13-5-14-26-47)48-27-15-6-16-28-48/h2-40H,1H3. The van der Waals surface area contributed by atoms with Crippen LogP contribution in [0.1, 0.15) is 5.56 Å². The molecule has 0 unspecified atom stereocenters. The van der Waals surface area contributed by atoms with Crippen LogP contribution >= 0.6 is 0 Å². The fraction of sp³-hybridized carbons (Fsp3) is 0.0172. The summed E-state index contributed by atoms with van der Waals surface area (Å²) in [5.74, 6) is 1.89. The molecule has 0 atom stereocenters. The summed E-state index contributed by atoms with van der Waals surface area (Å²) >= 11 is 0. The lowest BCUT2D eigenvalue weighted by Gasteiger charge is -2.34. The van der Waals surface area contributed by atoms with Gasteiger partial charge in [0.1, 0.15) is 0 Å². The Hall–Kier alpha value is -7.99. The van der Waals surface area contributed by atoms with Gasteiger partial charge in [-0.1, -0.05) is 218 Å². The van der Waals surface area contributed by atoms with Gasteiger partial charge in [0.25, 0.3) is 0 Å². The van der Waals surface area contributed by atoms with E-state index in [1.807, 2.05) is 36.4 Å². The Morgan fingerprint density at radius 3 is 1.30 bits per heavy atom. The van der Waals surface area contributed by atoms with Gasteiger partial charge in [-0.2, -0.15) is 0 Å². The third-order valence-corrected chi connectivity index (χ3v) is 17.1.